The van der Waals surface area contributed by atoms with Gasteiger partial charge in [-0.2, -0.15) is 0 Å². The number of nitrogens with zero attached hydrogens (tertiary/aromatic N) is 2. The first-order valence-corrected chi connectivity index (χ1v) is 10.2. The zero-order valence-corrected chi connectivity index (χ0v) is 16.7. The van der Waals surface area contributed by atoms with E-state index in [9.17, 15) is 9.18 Å². The number of carbonyl (C=O) groups is 1. The molecule has 2 aliphatic heterocycles. The Morgan fingerprint density at radius 2 is 1.90 bits per heavy atom. The smallest absolute Gasteiger partial charge is 0.254 e. The molecule has 2 saturated heterocycles. The van der Waals surface area contributed by atoms with Gasteiger partial charge in [-0.3, -0.25) is 4.79 Å². The van der Waals surface area contributed by atoms with Crippen LogP contribution in [0.25, 0.3) is 0 Å². The predicted octanol–water partition coefficient (Wildman–Crippen LogP) is 3.51. The number of benzene rings is 2. The monoisotopic (exact) mass is 398 g/mol. The third-order valence-electron chi connectivity index (χ3n) is 5.79. The Morgan fingerprint density at radius 1 is 1.14 bits per heavy atom. The van der Waals surface area contributed by atoms with Crippen molar-refractivity contribution in [1.82, 2.24) is 9.80 Å². The van der Waals surface area contributed by atoms with Crippen molar-refractivity contribution in [2.75, 3.05) is 39.9 Å². The van der Waals surface area contributed by atoms with Crippen LogP contribution < -0.4 is 4.74 Å². The van der Waals surface area contributed by atoms with Gasteiger partial charge in [-0.15, -0.1) is 0 Å². The van der Waals surface area contributed by atoms with E-state index >= 15 is 0 Å². The molecule has 5 nitrogen and oxygen atoms in total. The molecule has 2 aromatic carbocycles. The number of amides is 1. The number of morpholine rings is 1. The molecular weight excluding hydrogens is 371 g/mol. The summed E-state index contributed by atoms with van der Waals surface area (Å²) >= 11 is 0. The topological polar surface area (TPSA) is 42.0 Å². The van der Waals surface area contributed by atoms with Crippen LogP contribution in [0.1, 0.15) is 34.8 Å². The van der Waals surface area contributed by atoms with E-state index in [0.29, 0.717) is 18.7 Å². The average Bonchev–Trinajstić information content (AvgIpc) is 3.27. The summed E-state index contributed by atoms with van der Waals surface area (Å²) in [6.07, 6.45) is 2.32. The lowest BCUT2D eigenvalue weighted by atomic mass is 9.96. The molecule has 2 atom stereocenters. The number of halogens is 1. The second-order valence-electron chi connectivity index (χ2n) is 7.62. The number of methoxy groups -OCH3 is 1. The van der Waals surface area contributed by atoms with Crippen molar-refractivity contribution in [2.24, 2.45) is 0 Å². The maximum atomic E-state index is 13.8. The molecule has 0 radical (unpaired) electrons. The Kier molecular flexibility index (Phi) is 6.11. The molecule has 2 fully saturated rings. The van der Waals surface area contributed by atoms with Crippen molar-refractivity contribution in [3.8, 4) is 5.75 Å². The van der Waals surface area contributed by atoms with Gasteiger partial charge in [0.05, 0.1) is 25.9 Å². The summed E-state index contributed by atoms with van der Waals surface area (Å²) in [6, 6.07) is 14.1. The summed E-state index contributed by atoms with van der Waals surface area (Å²) in [7, 11) is 1.40. The van der Waals surface area contributed by atoms with Crippen molar-refractivity contribution < 1.29 is 18.7 Å². The Labute approximate surface area is 171 Å². The first-order chi connectivity index (χ1) is 14.2. The zero-order valence-electron chi connectivity index (χ0n) is 16.7. The highest BCUT2D eigenvalue weighted by Gasteiger charge is 2.38. The molecule has 2 aromatic rings. The second kappa shape index (κ2) is 8.93. The molecule has 2 aliphatic rings. The van der Waals surface area contributed by atoms with Gasteiger partial charge in [0.1, 0.15) is 0 Å². The standard InChI is InChI=1S/C23H27FN2O3/c1-28-20-15-18(9-10-19(20)24)23(27)26-13-14-29-21(16-25-11-5-6-12-25)22(26)17-7-3-2-4-8-17/h2-4,7-10,15,21-22H,5-6,11-14,16H2,1H3/t21-,22-/m0/s1. The summed E-state index contributed by atoms with van der Waals surface area (Å²) in [5, 5.41) is 0. The highest BCUT2D eigenvalue weighted by atomic mass is 19.1. The number of carbonyl (C=O) groups excluding carboxylic acids is 1. The molecule has 4 rings (SSSR count). The van der Waals surface area contributed by atoms with E-state index in [0.717, 1.165) is 25.2 Å². The van der Waals surface area contributed by atoms with Crippen LogP contribution in [0.2, 0.25) is 0 Å². The molecule has 0 spiro atoms. The molecule has 0 aromatic heterocycles. The van der Waals surface area contributed by atoms with Gasteiger partial charge in [0.2, 0.25) is 0 Å². The lowest BCUT2D eigenvalue weighted by molar-refractivity contribution is -0.0707. The second-order valence-corrected chi connectivity index (χ2v) is 7.62. The molecule has 0 saturated carbocycles. The van der Waals surface area contributed by atoms with E-state index in [2.05, 4.69) is 4.90 Å². The normalized spacial score (nSPS) is 22.6. The van der Waals surface area contributed by atoms with Gasteiger partial charge in [0.15, 0.2) is 11.6 Å². The first kappa shape index (κ1) is 19.9. The summed E-state index contributed by atoms with van der Waals surface area (Å²) in [4.78, 5) is 17.7. The third kappa shape index (κ3) is 4.28. The predicted molar refractivity (Wildman–Crippen MR) is 109 cm³/mol. The zero-order chi connectivity index (χ0) is 20.2. The van der Waals surface area contributed by atoms with Crippen LogP contribution in [0, 0.1) is 5.82 Å². The minimum atomic E-state index is -0.474. The van der Waals surface area contributed by atoms with E-state index in [1.165, 1.54) is 38.2 Å². The highest BCUT2D eigenvalue weighted by molar-refractivity contribution is 5.95. The molecular formula is C23H27FN2O3. The van der Waals surface area contributed by atoms with E-state index in [4.69, 9.17) is 9.47 Å². The highest BCUT2D eigenvalue weighted by Crippen LogP contribution is 2.32. The van der Waals surface area contributed by atoms with Gasteiger partial charge in [-0.25, -0.2) is 4.39 Å². The van der Waals surface area contributed by atoms with Crippen LogP contribution in [0.3, 0.4) is 0 Å². The van der Waals surface area contributed by atoms with Crippen LogP contribution in [0.5, 0.6) is 5.75 Å². The molecule has 2 heterocycles. The van der Waals surface area contributed by atoms with E-state index in [1.54, 1.807) is 0 Å². The Hall–Kier alpha value is -2.44. The Bertz CT molecular complexity index is 839. The van der Waals surface area contributed by atoms with Gasteiger partial charge in [0, 0.05) is 18.7 Å². The van der Waals surface area contributed by atoms with Crippen molar-refractivity contribution in [1.29, 1.82) is 0 Å². The van der Waals surface area contributed by atoms with Crippen molar-refractivity contribution in [3.05, 3.63) is 65.5 Å². The molecule has 29 heavy (non-hydrogen) atoms. The lowest BCUT2D eigenvalue weighted by Crippen LogP contribution is -2.51. The average molecular weight is 398 g/mol. The molecule has 6 heteroatoms. The summed E-state index contributed by atoms with van der Waals surface area (Å²) in [6.45, 7) is 3.94. The van der Waals surface area contributed by atoms with Crippen LogP contribution in [-0.4, -0.2) is 61.7 Å². The Balaban J connectivity index is 1.65. The van der Waals surface area contributed by atoms with Gasteiger partial charge in [-0.05, 0) is 49.7 Å². The van der Waals surface area contributed by atoms with Crippen LogP contribution in [0.15, 0.2) is 48.5 Å². The molecule has 1 amide bonds. The maximum absolute atomic E-state index is 13.8. The van der Waals surface area contributed by atoms with Gasteiger partial charge in [-0.1, -0.05) is 30.3 Å². The summed E-state index contributed by atoms with van der Waals surface area (Å²) in [5.41, 5.74) is 1.48. The van der Waals surface area contributed by atoms with Crippen LogP contribution >= 0.6 is 0 Å². The quantitative estimate of drug-likeness (QED) is 0.773. The van der Waals surface area contributed by atoms with Crippen molar-refractivity contribution >= 4 is 5.91 Å². The van der Waals surface area contributed by atoms with Crippen LogP contribution in [-0.2, 0) is 4.74 Å². The molecule has 0 N–H and O–H groups in total. The van der Waals surface area contributed by atoms with Crippen LogP contribution in [0.4, 0.5) is 4.39 Å². The minimum absolute atomic E-state index is 0.0778. The molecule has 0 aliphatic carbocycles. The van der Waals surface area contributed by atoms with E-state index in [-0.39, 0.29) is 23.8 Å². The third-order valence-corrected chi connectivity index (χ3v) is 5.79. The van der Waals surface area contributed by atoms with Crippen molar-refractivity contribution in [3.63, 3.8) is 0 Å². The Morgan fingerprint density at radius 3 is 2.62 bits per heavy atom. The fourth-order valence-corrected chi connectivity index (χ4v) is 4.34. The number of ether oxygens (including phenoxy) is 2. The number of rotatable bonds is 5. The summed E-state index contributed by atoms with van der Waals surface area (Å²) in [5.74, 6) is -0.529. The molecule has 154 valence electrons. The number of likely N-dealkylation sites (tertiary alicyclic amines) is 1. The van der Waals surface area contributed by atoms with Crippen molar-refractivity contribution in [2.45, 2.75) is 25.0 Å². The minimum Gasteiger partial charge on any atom is -0.494 e. The van der Waals surface area contributed by atoms with E-state index < -0.39 is 5.82 Å². The maximum Gasteiger partial charge on any atom is 0.254 e. The number of hydrogen-bond acceptors (Lipinski definition) is 4. The van der Waals surface area contributed by atoms with Gasteiger partial charge in [0.25, 0.3) is 5.91 Å². The molecule has 0 bridgehead atoms. The number of hydrogen-bond donors (Lipinski definition) is 0. The SMILES string of the molecule is COc1cc(C(=O)N2CCO[C@@H](CN3CCCC3)[C@@H]2c2ccccc2)ccc1F. The van der Waals surface area contributed by atoms with Gasteiger partial charge >= 0.3 is 0 Å². The molecule has 0 unspecified atom stereocenters. The fourth-order valence-electron chi connectivity index (χ4n) is 4.34. The van der Waals surface area contributed by atoms with E-state index in [1.807, 2.05) is 35.2 Å². The first-order valence-electron chi connectivity index (χ1n) is 10.2. The fraction of sp³-hybridized carbons (Fsp3) is 0.435. The lowest BCUT2D eigenvalue weighted by Gasteiger charge is -2.42. The summed E-state index contributed by atoms with van der Waals surface area (Å²) < 4.78 is 25.1. The largest absolute Gasteiger partial charge is 0.494 e. The van der Waals surface area contributed by atoms with Gasteiger partial charge < -0.3 is 19.3 Å².